The fourth-order valence-electron chi connectivity index (χ4n) is 4.47. The van der Waals surface area contributed by atoms with Crippen LogP contribution in [0.5, 0.6) is 5.88 Å². The first kappa shape index (κ1) is 24.4. The van der Waals surface area contributed by atoms with Gasteiger partial charge in [0.05, 0.1) is 24.1 Å². The molecule has 3 aromatic rings. The van der Waals surface area contributed by atoms with Crippen LogP contribution in [-0.2, 0) is 10.0 Å². The molecule has 0 saturated carbocycles. The van der Waals surface area contributed by atoms with Gasteiger partial charge in [0.2, 0.25) is 5.88 Å². The molecule has 4 heterocycles. The summed E-state index contributed by atoms with van der Waals surface area (Å²) in [5.74, 6) is 0.174. The summed E-state index contributed by atoms with van der Waals surface area (Å²) in [6, 6.07) is 11.3. The molecule has 0 bridgehead atoms. The average molecular weight is 497 g/mol. The molecule has 1 amide bonds. The molecule has 1 aliphatic heterocycles. The molecular weight excluding hydrogens is 468 g/mol. The number of ether oxygens (including phenoxy) is 1. The number of aromatic nitrogens is 3. The number of methoxy groups -OCH3 is 1. The number of amides is 1. The molecule has 11 heteroatoms. The van der Waals surface area contributed by atoms with Gasteiger partial charge >= 0.3 is 0 Å². The smallest absolute Gasteiger partial charge is 0.268 e. The van der Waals surface area contributed by atoms with Crippen molar-refractivity contribution in [1.29, 1.82) is 0 Å². The Hall–Kier alpha value is -3.73. The summed E-state index contributed by atoms with van der Waals surface area (Å²) in [7, 11) is -2.72. The van der Waals surface area contributed by atoms with E-state index >= 15 is 0 Å². The second kappa shape index (κ2) is 9.14. The molecule has 1 aliphatic rings. The van der Waals surface area contributed by atoms with Gasteiger partial charge in [-0.15, -0.1) is 0 Å². The van der Waals surface area contributed by atoms with Crippen molar-refractivity contribution in [3.63, 3.8) is 0 Å². The lowest BCUT2D eigenvalue weighted by atomic mass is 9.97. The van der Waals surface area contributed by atoms with Gasteiger partial charge in [-0.3, -0.25) is 4.79 Å². The maximum Gasteiger partial charge on any atom is 0.268 e. The van der Waals surface area contributed by atoms with E-state index in [-0.39, 0.29) is 21.8 Å². The number of sulfonamides is 1. The van der Waals surface area contributed by atoms with E-state index in [4.69, 9.17) is 15.5 Å². The Labute approximate surface area is 204 Å². The first-order valence-electron chi connectivity index (χ1n) is 11.1. The van der Waals surface area contributed by atoms with Gasteiger partial charge in [0, 0.05) is 24.3 Å². The van der Waals surface area contributed by atoms with Gasteiger partial charge in [-0.05, 0) is 56.5 Å². The molecule has 0 unspecified atom stereocenters. The minimum atomic E-state index is -4.25. The lowest BCUT2D eigenvalue weighted by molar-refractivity contribution is 0.0981. The Kier molecular flexibility index (Phi) is 6.37. The fraction of sp³-hybridized carbons (Fsp3) is 0.333. The van der Waals surface area contributed by atoms with Gasteiger partial charge in [-0.2, -0.15) is 0 Å². The topological polar surface area (TPSA) is 140 Å². The molecule has 0 radical (unpaired) electrons. The average Bonchev–Trinajstić information content (AvgIpc) is 3.10. The molecule has 184 valence electrons. The van der Waals surface area contributed by atoms with E-state index in [1.807, 2.05) is 4.90 Å². The van der Waals surface area contributed by atoms with E-state index in [9.17, 15) is 13.2 Å². The zero-order valence-electron chi connectivity index (χ0n) is 20.0. The summed E-state index contributed by atoms with van der Waals surface area (Å²) in [5.41, 5.74) is 6.66. The van der Waals surface area contributed by atoms with Gasteiger partial charge in [0.25, 0.3) is 15.9 Å². The number of nitrogens with one attached hydrogen (secondary N) is 1. The molecule has 1 atom stereocenters. The van der Waals surface area contributed by atoms with Crippen LogP contribution in [0.3, 0.4) is 0 Å². The molecule has 3 N–H and O–H groups in total. The quantitative estimate of drug-likeness (QED) is 0.527. The zero-order chi connectivity index (χ0) is 25.4. The first-order valence-corrected chi connectivity index (χ1v) is 12.6. The first-order chi connectivity index (χ1) is 16.5. The molecule has 1 saturated heterocycles. The van der Waals surface area contributed by atoms with Crippen LogP contribution in [0.15, 0.2) is 53.6 Å². The van der Waals surface area contributed by atoms with Crippen LogP contribution in [0.2, 0.25) is 0 Å². The molecule has 1 fully saturated rings. The lowest BCUT2D eigenvalue weighted by Gasteiger charge is -2.34. The van der Waals surface area contributed by atoms with Crippen molar-refractivity contribution in [3.05, 3.63) is 54.2 Å². The summed E-state index contributed by atoms with van der Waals surface area (Å²) >= 11 is 0. The second-order valence-electron chi connectivity index (χ2n) is 9.19. The second-order valence-corrected chi connectivity index (χ2v) is 10.8. The Morgan fingerprint density at radius 1 is 1.14 bits per heavy atom. The zero-order valence-corrected chi connectivity index (χ0v) is 20.8. The van der Waals surface area contributed by atoms with Crippen molar-refractivity contribution in [2.24, 2.45) is 5.92 Å². The Morgan fingerprint density at radius 3 is 2.54 bits per heavy atom. The van der Waals surface area contributed by atoms with E-state index in [0.29, 0.717) is 35.5 Å². The van der Waals surface area contributed by atoms with Crippen LogP contribution in [-0.4, -0.2) is 48.5 Å². The van der Waals surface area contributed by atoms with Crippen LogP contribution in [0.25, 0.3) is 11.4 Å². The van der Waals surface area contributed by atoms with E-state index in [2.05, 4.69) is 35.5 Å². The van der Waals surface area contributed by atoms with Crippen molar-refractivity contribution in [2.75, 3.05) is 24.3 Å². The lowest BCUT2D eigenvalue weighted by Crippen LogP contribution is -2.41. The number of carbonyl (C=O) groups is 1. The van der Waals surface area contributed by atoms with Crippen LogP contribution in [0.4, 0.5) is 11.6 Å². The van der Waals surface area contributed by atoms with Crippen molar-refractivity contribution in [2.45, 2.75) is 37.6 Å². The van der Waals surface area contributed by atoms with Crippen molar-refractivity contribution >= 4 is 27.6 Å². The van der Waals surface area contributed by atoms with Crippen LogP contribution in [0, 0.1) is 5.92 Å². The normalized spacial score (nSPS) is 17.3. The molecule has 35 heavy (non-hydrogen) atoms. The predicted molar refractivity (Wildman–Crippen MR) is 133 cm³/mol. The van der Waals surface area contributed by atoms with Crippen LogP contribution >= 0.6 is 0 Å². The Morgan fingerprint density at radius 2 is 1.89 bits per heavy atom. The van der Waals surface area contributed by atoms with Crippen molar-refractivity contribution in [1.82, 2.24) is 19.7 Å². The molecule has 0 aromatic carbocycles. The van der Waals surface area contributed by atoms with Crippen molar-refractivity contribution < 1.29 is 17.9 Å². The maximum absolute atomic E-state index is 13.3. The number of nitrogens with two attached hydrogens (primary N) is 1. The molecule has 10 nitrogen and oxygen atoms in total. The van der Waals surface area contributed by atoms with Gasteiger partial charge in [-0.1, -0.05) is 13.0 Å². The standard InChI is InChI=1S/C24H28N6O4S/c1-15-13-24(2,3)30(14-15)22-16(10-11-18(28-22)17-7-5-9-20(27-17)34-4)23(31)29-35(32,33)19-8-6-12-26-21(19)25/h5-12,15H,13-14H2,1-4H3,(H2,25,26)(H,29,31)/t15-/m0/s1. The highest BCUT2D eigenvalue weighted by Gasteiger charge is 2.39. The number of nitrogen functional groups attached to an aromatic ring is 1. The van der Waals surface area contributed by atoms with Crippen molar-refractivity contribution in [3.8, 4) is 17.3 Å². The number of pyridine rings is 3. The van der Waals surface area contributed by atoms with Gasteiger partial charge in [-0.25, -0.2) is 28.1 Å². The van der Waals surface area contributed by atoms with Crippen LogP contribution < -0.4 is 20.1 Å². The Bertz CT molecular complexity index is 1380. The minimum Gasteiger partial charge on any atom is -0.481 e. The Balaban J connectivity index is 1.78. The SMILES string of the molecule is COc1cccc(-c2ccc(C(=O)NS(=O)(=O)c3cccnc3N)c(N3C[C@@H](C)CC3(C)C)n2)n1. The van der Waals surface area contributed by atoms with Gasteiger partial charge in [0.1, 0.15) is 16.5 Å². The third kappa shape index (κ3) is 4.90. The third-order valence-electron chi connectivity index (χ3n) is 5.96. The number of hydrogen-bond acceptors (Lipinski definition) is 9. The van der Waals surface area contributed by atoms with E-state index < -0.39 is 15.9 Å². The van der Waals surface area contributed by atoms with Crippen LogP contribution in [0.1, 0.15) is 37.6 Å². The molecule has 3 aromatic heterocycles. The van der Waals surface area contributed by atoms with Gasteiger partial charge < -0.3 is 15.4 Å². The predicted octanol–water partition coefficient (Wildman–Crippen LogP) is 2.87. The summed E-state index contributed by atoms with van der Waals surface area (Å²) < 4.78 is 33.1. The summed E-state index contributed by atoms with van der Waals surface area (Å²) in [5, 5.41) is 0. The summed E-state index contributed by atoms with van der Waals surface area (Å²) in [4.78, 5) is 28.1. The van der Waals surface area contributed by atoms with E-state index in [1.165, 1.54) is 25.4 Å². The largest absolute Gasteiger partial charge is 0.481 e. The fourth-order valence-corrected chi connectivity index (χ4v) is 5.52. The highest BCUT2D eigenvalue weighted by atomic mass is 32.2. The van der Waals surface area contributed by atoms with E-state index in [1.54, 1.807) is 30.3 Å². The molecule has 0 spiro atoms. The summed E-state index contributed by atoms with van der Waals surface area (Å²) in [6.45, 7) is 6.94. The number of carbonyl (C=O) groups excluding carboxylic acids is 1. The minimum absolute atomic E-state index is 0.129. The monoisotopic (exact) mass is 496 g/mol. The molecule has 4 rings (SSSR count). The molecule has 0 aliphatic carbocycles. The maximum atomic E-state index is 13.3. The number of hydrogen-bond donors (Lipinski definition) is 2. The highest BCUT2D eigenvalue weighted by molar-refractivity contribution is 7.90. The third-order valence-corrected chi connectivity index (χ3v) is 7.34. The summed E-state index contributed by atoms with van der Waals surface area (Å²) in [6.07, 6.45) is 2.27. The number of rotatable bonds is 6. The highest BCUT2D eigenvalue weighted by Crippen LogP contribution is 2.38. The van der Waals surface area contributed by atoms with Gasteiger partial charge in [0.15, 0.2) is 0 Å². The number of anilines is 2. The molecular formula is C24H28N6O4S. The number of nitrogens with zero attached hydrogens (tertiary/aromatic N) is 4. The van der Waals surface area contributed by atoms with E-state index in [0.717, 1.165) is 6.42 Å².